The van der Waals surface area contributed by atoms with E-state index in [9.17, 15) is 4.79 Å². The minimum absolute atomic E-state index is 0.00440. The molecule has 1 fully saturated rings. The van der Waals surface area contributed by atoms with Gasteiger partial charge in [-0.1, -0.05) is 0 Å². The highest BCUT2D eigenvalue weighted by Crippen LogP contribution is 2.48. The molecule has 2 heterocycles. The number of amides is 1. The minimum atomic E-state index is -0.575. The van der Waals surface area contributed by atoms with E-state index in [0.29, 0.717) is 11.5 Å². The molecule has 194 valence electrons. The van der Waals surface area contributed by atoms with Gasteiger partial charge in [-0.25, -0.2) is 14.5 Å². The van der Waals surface area contributed by atoms with Crippen LogP contribution in [0.1, 0.15) is 66.3 Å². The molecule has 0 saturated heterocycles. The SMILES string of the molecule is COC(C)(C)C(C)NC1(c2nnnn2-c2ccc(NC(=O)OC(C)(C)C)cc2)CC(n2cncn2)C1. The fraction of sp³-hybridized carbons (Fsp3) is 0.583. The molecule has 1 aliphatic carbocycles. The Hall–Kier alpha value is -3.38. The first-order valence-electron chi connectivity index (χ1n) is 12.0. The van der Waals surface area contributed by atoms with Gasteiger partial charge in [0.2, 0.25) is 0 Å². The standard InChI is InChI=1S/C24H35N9O3/c1-16(23(5,6)35-7)28-24(12-19(13-24)32-15-25-14-26-32)20-29-30-31-33(20)18-10-8-17(9-11-18)27-21(34)36-22(2,3)4/h8-11,14-16,19,28H,12-13H2,1-7H3,(H,27,34). The molecule has 0 radical (unpaired) electrons. The summed E-state index contributed by atoms with van der Waals surface area (Å²) in [5.41, 5.74) is -0.0929. The second kappa shape index (κ2) is 9.58. The third kappa shape index (κ3) is 5.39. The molecular formula is C24H35N9O3. The van der Waals surface area contributed by atoms with Crippen LogP contribution in [0.2, 0.25) is 0 Å². The number of rotatable bonds is 8. The van der Waals surface area contributed by atoms with Gasteiger partial charge in [0, 0.05) is 18.8 Å². The highest BCUT2D eigenvalue weighted by Gasteiger charge is 2.52. The third-order valence-corrected chi connectivity index (χ3v) is 6.70. The maximum atomic E-state index is 12.1. The van der Waals surface area contributed by atoms with Crippen LogP contribution < -0.4 is 10.6 Å². The number of nitrogens with zero attached hydrogens (tertiary/aromatic N) is 7. The zero-order chi connectivity index (χ0) is 26.1. The number of tetrazole rings is 1. The van der Waals surface area contributed by atoms with Crippen LogP contribution in [-0.4, -0.2) is 65.4 Å². The van der Waals surface area contributed by atoms with Crippen molar-refractivity contribution in [3.8, 4) is 5.69 Å². The van der Waals surface area contributed by atoms with Crippen molar-refractivity contribution >= 4 is 11.8 Å². The lowest BCUT2D eigenvalue weighted by Gasteiger charge is -2.50. The van der Waals surface area contributed by atoms with Gasteiger partial charge in [-0.05, 0) is 89.1 Å². The number of aromatic nitrogens is 7. The zero-order valence-electron chi connectivity index (χ0n) is 21.9. The minimum Gasteiger partial charge on any atom is -0.444 e. The lowest BCUT2D eigenvalue weighted by atomic mass is 9.70. The van der Waals surface area contributed by atoms with Crippen molar-refractivity contribution in [2.75, 3.05) is 12.4 Å². The Morgan fingerprint density at radius 3 is 2.44 bits per heavy atom. The first kappa shape index (κ1) is 25.7. The summed E-state index contributed by atoms with van der Waals surface area (Å²) < 4.78 is 14.7. The van der Waals surface area contributed by atoms with Gasteiger partial charge in [0.1, 0.15) is 18.3 Å². The van der Waals surface area contributed by atoms with E-state index in [1.165, 1.54) is 0 Å². The average Bonchev–Trinajstić information content (AvgIpc) is 3.47. The van der Waals surface area contributed by atoms with Crippen LogP contribution >= 0.6 is 0 Å². The third-order valence-electron chi connectivity index (χ3n) is 6.70. The second-order valence-electron chi connectivity index (χ2n) is 10.8. The van der Waals surface area contributed by atoms with Crippen LogP contribution in [-0.2, 0) is 15.0 Å². The summed E-state index contributed by atoms with van der Waals surface area (Å²) in [7, 11) is 1.71. The quantitative estimate of drug-likeness (QED) is 0.481. The maximum absolute atomic E-state index is 12.1. The molecule has 4 rings (SSSR count). The molecule has 12 heteroatoms. The molecule has 1 atom stereocenters. The molecule has 1 amide bonds. The lowest BCUT2D eigenvalue weighted by Crippen LogP contribution is -2.61. The Balaban J connectivity index is 1.58. The number of ether oxygens (including phenoxy) is 2. The van der Waals surface area contributed by atoms with E-state index in [1.54, 1.807) is 36.6 Å². The molecule has 0 bridgehead atoms. The molecule has 12 nitrogen and oxygen atoms in total. The van der Waals surface area contributed by atoms with E-state index in [1.807, 2.05) is 51.4 Å². The summed E-state index contributed by atoms with van der Waals surface area (Å²) in [6.45, 7) is 11.7. The zero-order valence-corrected chi connectivity index (χ0v) is 21.9. The monoisotopic (exact) mass is 497 g/mol. The highest BCUT2D eigenvalue weighted by molar-refractivity contribution is 5.84. The lowest BCUT2D eigenvalue weighted by molar-refractivity contribution is -0.0323. The van der Waals surface area contributed by atoms with E-state index in [0.717, 1.165) is 18.5 Å². The van der Waals surface area contributed by atoms with Gasteiger partial charge in [-0.2, -0.15) is 9.78 Å². The van der Waals surface area contributed by atoms with E-state index in [2.05, 4.69) is 43.2 Å². The second-order valence-corrected chi connectivity index (χ2v) is 10.8. The average molecular weight is 498 g/mol. The molecular weight excluding hydrogens is 462 g/mol. The molecule has 1 aliphatic rings. The maximum Gasteiger partial charge on any atom is 0.412 e. The van der Waals surface area contributed by atoms with Crippen LogP contribution in [0.25, 0.3) is 5.69 Å². The number of carbonyl (C=O) groups is 1. The first-order valence-corrected chi connectivity index (χ1v) is 12.0. The molecule has 3 aromatic rings. The molecule has 2 N–H and O–H groups in total. The predicted molar refractivity (Wildman–Crippen MR) is 133 cm³/mol. The van der Waals surface area contributed by atoms with Crippen LogP contribution in [0.15, 0.2) is 36.9 Å². The van der Waals surface area contributed by atoms with E-state index >= 15 is 0 Å². The topological polar surface area (TPSA) is 134 Å². The van der Waals surface area contributed by atoms with Gasteiger partial charge in [0.15, 0.2) is 5.82 Å². The van der Waals surface area contributed by atoms with Gasteiger partial charge >= 0.3 is 6.09 Å². The molecule has 1 unspecified atom stereocenters. The van der Waals surface area contributed by atoms with Gasteiger partial charge in [0.05, 0.1) is 22.9 Å². The summed E-state index contributed by atoms with van der Waals surface area (Å²) >= 11 is 0. The molecule has 1 saturated carbocycles. The summed E-state index contributed by atoms with van der Waals surface area (Å²) in [4.78, 5) is 16.2. The van der Waals surface area contributed by atoms with Gasteiger partial charge in [-0.15, -0.1) is 5.10 Å². The van der Waals surface area contributed by atoms with Crippen molar-refractivity contribution in [1.29, 1.82) is 0 Å². The smallest absolute Gasteiger partial charge is 0.412 e. The van der Waals surface area contributed by atoms with Crippen LogP contribution in [0.5, 0.6) is 0 Å². The Kier molecular flexibility index (Phi) is 6.84. The first-order chi connectivity index (χ1) is 16.9. The molecule has 0 spiro atoms. The van der Waals surface area contributed by atoms with E-state index < -0.39 is 22.8 Å². The Morgan fingerprint density at radius 2 is 1.86 bits per heavy atom. The Labute approximate surface area is 210 Å². The number of carbonyl (C=O) groups excluding carboxylic acids is 1. The van der Waals surface area contributed by atoms with Crippen molar-refractivity contribution in [2.45, 2.75) is 83.2 Å². The largest absolute Gasteiger partial charge is 0.444 e. The summed E-state index contributed by atoms with van der Waals surface area (Å²) in [5.74, 6) is 0.700. The Morgan fingerprint density at radius 1 is 1.17 bits per heavy atom. The molecule has 1 aromatic carbocycles. The summed E-state index contributed by atoms with van der Waals surface area (Å²) in [5, 5.41) is 23.5. The fourth-order valence-corrected chi connectivity index (χ4v) is 4.23. The predicted octanol–water partition coefficient (Wildman–Crippen LogP) is 3.23. The van der Waals surface area contributed by atoms with Crippen LogP contribution in [0, 0.1) is 0 Å². The molecule has 36 heavy (non-hydrogen) atoms. The van der Waals surface area contributed by atoms with Crippen LogP contribution in [0.3, 0.4) is 0 Å². The van der Waals surface area contributed by atoms with Crippen molar-refractivity contribution in [2.24, 2.45) is 0 Å². The van der Waals surface area contributed by atoms with Crippen molar-refractivity contribution in [3.63, 3.8) is 0 Å². The number of hydrogen-bond acceptors (Lipinski definition) is 9. The molecule has 0 aliphatic heterocycles. The molecule has 2 aromatic heterocycles. The van der Waals surface area contributed by atoms with Crippen molar-refractivity contribution in [1.82, 2.24) is 40.3 Å². The number of anilines is 1. The van der Waals surface area contributed by atoms with Gasteiger partial charge < -0.3 is 9.47 Å². The van der Waals surface area contributed by atoms with Crippen LogP contribution in [0.4, 0.5) is 10.5 Å². The van der Waals surface area contributed by atoms with Crippen molar-refractivity contribution < 1.29 is 14.3 Å². The van der Waals surface area contributed by atoms with Gasteiger partial charge in [0.25, 0.3) is 0 Å². The summed E-state index contributed by atoms with van der Waals surface area (Å²) in [6.07, 6.45) is 4.24. The van der Waals surface area contributed by atoms with E-state index in [-0.39, 0.29) is 12.1 Å². The van der Waals surface area contributed by atoms with Crippen molar-refractivity contribution in [3.05, 3.63) is 42.7 Å². The Bertz CT molecular complexity index is 1160. The number of benzene rings is 1. The number of hydrogen-bond donors (Lipinski definition) is 2. The van der Waals surface area contributed by atoms with E-state index in [4.69, 9.17) is 9.47 Å². The number of nitrogens with one attached hydrogen (secondary N) is 2. The number of methoxy groups -OCH3 is 1. The highest BCUT2D eigenvalue weighted by atomic mass is 16.6. The normalized spacial score (nSPS) is 21.0. The fourth-order valence-electron chi connectivity index (χ4n) is 4.23. The summed E-state index contributed by atoms with van der Waals surface area (Å²) in [6, 6.07) is 7.47. The van der Waals surface area contributed by atoms with Gasteiger partial charge in [-0.3, -0.25) is 10.6 Å².